The number of amides is 1. The SMILES string of the molecule is CCNc1cccc(C(=O)Nc2c(F)cc(F)cc2Cl)n1. The third-order valence-electron chi connectivity index (χ3n) is 2.59. The first-order chi connectivity index (χ1) is 10.0. The number of hydrogen-bond donors (Lipinski definition) is 2. The molecule has 0 unspecified atom stereocenters. The highest BCUT2D eigenvalue weighted by atomic mass is 35.5. The maximum absolute atomic E-state index is 13.6. The summed E-state index contributed by atoms with van der Waals surface area (Å²) < 4.78 is 26.6. The lowest BCUT2D eigenvalue weighted by atomic mass is 10.2. The van der Waals surface area contributed by atoms with Crippen LogP contribution in [0.1, 0.15) is 17.4 Å². The van der Waals surface area contributed by atoms with E-state index in [1.54, 1.807) is 12.1 Å². The second-order valence-electron chi connectivity index (χ2n) is 4.14. The van der Waals surface area contributed by atoms with E-state index >= 15 is 0 Å². The molecule has 1 aromatic carbocycles. The number of halogens is 3. The first kappa shape index (κ1) is 15.2. The van der Waals surface area contributed by atoms with Crippen LogP contribution < -0.4 is 10.6 Å². The maximum Gasteiger partial charge on any atom is 0.274 e. The van der Waals surface area contributed by atoms with E-state index in [1.807, 2.05) is 6.92 Å². The van der Waals surface area contributed by atoms with Crippen LogP contribution in [0.5, 0.6) is 0 Å². The van der Waals surface area contributed by atoms with Gasteiger partial charge in [-0.05, 0) is 25.1 Å². The Bertz CT molecular complexity index is 656. The van der Waals surface area contributed by atoms with Crippen LogP contribution in [0.2, 0.25) is 5.02 Å². The Labute approximate surface area is 125 Å². The molecule has 2 aromatic rings. The van der Waals surface area contributed by atoms with E-state index in [-0.39, 0.29) is 16.4 Å². The van der Waals surface area contributed by atoms with Crippen molar-refractivity contribution >= 4 is 29.0 Å². The lowest BCUT2D eigenvalue weighted by molar-refractivity contribution is 0.102. The van der Waals surface area contributed by atoms with E-state index in [2.05, 4.69) is 15.6 Å². The van der Waals surface area contributed by atoms with E-state index in [4.69, 9.17) is 11.6 Å². The molecular weight excluding hydrogens is 300 g/mol. The highest BCUT2D eigenvalue weighted by molar-refractivity contribution is 6.33. The summed E-state index contributed by atoms with van der Waals surface area (Å²) in [4.78, 5) is 16.1. The predicted molar refractivity (Wildman–Crippen MR) is 77.7 cm³/mol. The number of anilines is 2. The molecule has 0 bridgehead atoms. The summed E-state index contributed by atoms with van der Waals surface area (Å²) in [5.74, 6) is -1.88. The fourth-order valence-corrected chi connectivity index (χ4v) is 1.92. The monoisotopic (exact) mass is 311 g/mol. The van der Waals surface area contributed by atoms with Gasteiger partial charge in [-0.2, -0.15) is 0 Å². The number of rotatable bonds is 4. The largest absolute Gasteiger partial charge is 0.370 e. The smallest absolute Gasteiger partial charge is 0.274 e. The maximum atomic E-state index is 13.6. The molecule has 0 aliphatic rings. The summed E-state index contributed by atoms with van der Waals surface area (Å²) in [6, 6.07) is 6.38. The third kappa shape index (κ3) is 3.66. The number of carbonyl (C=O) groups excluding carboxylic acids is 1. The molecule has 7 heteroatoms. The molecule has 1 amide bonds. The summed E-state index contributed by atoms with van der Waals surface area (Å²) in [5, 5.41) is 5.03. The van der Waals surface area contributed by atoms with Gasteiger partial charge < -0.3 is 10.6 Å². The van der Waals surface area contributed by atoms with Gasteiger partial charge in [0.05, 0.1) is 10.7 Å². The van der Waals surface area contributed by atoms with Gasteiger partial charge in [0, 0.05) is 12.6 Å². The minimum Gasteiger partial charge on any atom is -0.370 e. The third-order valence-corrected chi connectivity index (χ3v) is 2.88. The molecule has 110 valence electrons. The van der Waals surface area contributed by atoms with Crippen molar-refractivity contribution < 1.29 is 13.6 Å². The van der Waals surface area contributed by atoms with E-state index in [0.717, 1.165) is 6.07 Å². The zero-order valence-corrected chi connectivity index (χ0v) is 11.8. The first-order valence-corrected chi connectivity index (χ1v) is 6.56. The van der Waals surface area contributed by atoms with Gasteiger partial charge in [-0.1, -0.05) is 17.7 Å². The van der Waals surface area contributed by atoms with Crippen LogP contribution >= 0.6 is 11.6 Å². The number of benzene rings is 1. The lowest BCUT2D eigenvalue weighted by Crippen LogP contribution is -2.16. The normalized spacial score (nSPS) is 10.3. The van der Waals surface area contributed by atoms with Crippen molar-refractivity contribution in [3.05, 3.63) is 52.7 Å². The highest BCUT2D eigenvalue weighted by Gasteiger charge is 2.15. The summed E-state index contributed by atoms with van der Waals surface area (Å²) in [6.07, 6.45) is 0. The van der Waals surface area contributed by atoms with Crippen LogP contribution in [0, 0.1) is 11.6 Å². The van der Waals surface area contributed by atoms with Crippen LogP contribution in [-0.4, -0.2) is 17.4 Å². The molecule has 0 radical (unpaired) electrons. The molecule has 4 nitrogen and oxygen atoms in total. The minimum atomic E-state index is -0.948. The molecule has 0 aliphatic carbocycles. The Balaban J connectivity index is 2.24. The van der Waals surface area contributed by atoms with Crippen molar-refractivity contribution in [3.63, 3.8) is 0 Å². The Morgan fingerprint density at radius 3 is 2.76 bits per heavy atom. The fraction of sp³-hybridized carbons (Fsp3) is 0.143. The van der Waals surface area contributed by atoms with Crippen LogP contribution in [0.4, 0.5) is 20.3 Å². The van der Waals surface area contributed by atoms with Crippen LogP contribution in [0.25, 0.3) is 0 Å². The summed E-state index contributed by atoms with van der Waals surface area (Å²) in [6.45, 7) is 2.54. The molecular formula is C14H12ClF2N3O. The first-order valence-electron chi connectivity index (χ1n) is 6.18. The predicted octanol–water partition coefficient (Wildman–Crippen LogP) is 3.70. The van der Waals surface area contributed by atoms with E-state index in [9.17, 15) is 13.6 Å². The molecule has 1 aromatic heterocycles. The van der Waals surface area contributed by atoms with Gasteiger partial charge in [0.1, 0.15) is 17.3 Å². The minimum absolute atomic E-state index is 0.0910. The summed E-state index contributed by atoms with van der Waals surface area (Å²) in [7, 11) is 0. The average Bonchev–Trinajstić information content (AvgIpc) is 2.43. The van der Waals surface area contributed by atoms with Crippen LogP contribution in [0.15, 0.2) is 30.3 Å². The zero-order chi connectivity index (χ0) is 15.4. The molecule has 0 spiro atoms. The quantitative estimate of drug-likeness (QED) is 0.905. The van der Waals surface area contributed by atoms with E-state index < -0.39 is 17.5 Å². The second kappa shape index (κ2) is 6.49. The average molecular weight is 312 g/mol. The van der Waals surface area contributed by atoms with E-state index in [1.165, 1.54) is 6.07 Å². The highest BCUT2D eigenvalue weighted by Crippen LogP contribution is 2.26. The molecule has 2 rings (SSSR count). The van der Waals surface area contributed by atoms with Crippen LogP contribution in [0.3, 0.4) is 0 Å². The molecule has 0 fully saturated rings. The number of aromatic nitrogens is 1. The fourth-order valence-electron chi connectivity index (χ4n) is 1.68. The zero-order valence-electron chi connectivity index (χ0n) is 11.1. The van der Waals surface area contributed by atoms with Crippen LogP contribution in [-0.2, 0) is 0 Å². The summed E-state index contributed by atoms with van der Waals surface area (Å²) >= 11 is 5.72. The molecule has 0 atom stereocenters. The Morgan fingerprint density at radius 2 is 2.10 bits per heavy atom. The molecule has 1 heterocycles. The van der Waals surface area contributed by atoms with Gasteiger partial charge in [0.15, 0.2) is 5.82 Å². The van der Waals surface area contributed by atoms with Crippen molar-refractivity contribution in [1.29, 1.82) is 0 Å². The van der Waals surface area contributed by atoms with Crippen molar-refractivity contribution in [3.8, 4) is 0 Å². The van der Waals surface area contributed by atoms with Gasteiger partial charge in [-0.3, -0.25) is 4.79 Å². The van der Waals surface area contributed by atoms with Crippen molar-refractivity contribution in [2.75, 3.05) is 17.2 Å². The molecule has 21 heavy (non-hydrogen) atoms. The molecule has 0 saturated carbocycles. The topological polar surface area (TPSA) is 54.0 Å². The van der Waals surface area contributed by atoms with Gasteiger partial charge >= 0.3 is 0 Å². The summed E-state index contributed by atoms with van der Waals surface area (Å²) in [5.41, 5.74) is -0.188. The number of nitrogens with one attached hydrogen (secondary N) is 2. The van der Waals surface area contributed by atoms with Gasteiger partial charge in [-0.15, -0.1) is 0 Å². The van der Waals surface area contributed by atoms with Gasteiger partial charge in [0.25, 0.3) is 5.91 Å². The Morgan fingerprint density at radius 1 is 1.33 bits per heavy atom. The number of carbonyl (C=O) groups is 1. The Kier molecular flexibility index (Phi) is 4.70. The molecule has 2 N–H and O–H groups in total. The van der Waals surface area contributed by atoms with Gasteiger partial charge in [-0.25, -0.2) is 13.8 Å². The standard InChI is InChI=1S/C14H12ClF2N3O/c1-2-18-12-5-3-4-11(19-12)14(21)20-13-9(15)6-8(16)7-10(13)17/h3-7H,2H2,1H3,(H,18,19)(H,20,21). The van der Waals surface area contributed by atoms with Crippen molar-refractivity contribution in [1.82, 2.24) is 4.98 Å². The number of pyridine rings is 1. The van der Waals surface area contributed by atoms with E-state index in [0.29, 0.717) is 18.4 Å². The van der Waals surface area contributed by atoms with Crippen molar-refractivity contribution in [2.45, 2.75) is 6.92 Å². The second-order valence-corrected chi connectivity index (χ2v) is 4.54. The van der Waals surface area contributed by atoms with Gasteiger partial charge in [0.2, 0.25) is 0 Å². The number of hydrogen-bond acceptors (Lipinski definition) is 3. The lowest BCUT2D eigenvalue weighted by Gasteiger charge is -2.09. The molecule has 0 saturated heterocycles. The number of nitrogens with zero attached hydrogens (tertiary/aromatic N) is 1. The Hall–Kier alpha value is -2.21. The molecule has 0 aliphatic heterocycles. The van der Waals surface area contributed by atoms with Crippen molar-refractivity contribution in [2.24, 2.45) is 0 Å².